The molecule has 0 radical (unpaired) electrons. The summed E-state index contributed by atoms with van der Waals surface area (Å²) in [5.41, 5.74) is 4.10. The van der Waals surface area contributed by atoms with Crippen molar-refractivity contribution in [3.05, 3.63) is 29.8 Å². The fraction of sp³-hybridized carbons (Fsp3) is 0.385. The van der Waals surface area contributed by atoms with E-state index in [2.05, 4.69) is 5.32 Å². The van der Waals surface area contributed by atoms with Gasteiger partial charge in [-0.25, -0.2) is 0 Å². The standard InChI is InChI=1S/C13H14F3N3O2/c14-13(15,16)12(5-6-12)19-10(20)7-18-11(21)8-1-3-9(17)4-2-8/h1-4H,5-7,17H2,(H,18,21)(H,19,20). The lowest BCUT2D eigenvalue weighted by Crippen LogP contribution is -2.50. The summed E-state index contributed by atoms with van der Waals surface area (Å²) in [5, 5.41) is 4.19. The first-order valence-electron chi connectivity index (χ1n) is 6.25. The number of amides is 2. The third-order valence-corrected chi connectivity index (χ3v) is 3.25. The minimum Gasteiger partial charge on any atom is -0.399 e. The van der Waals surface area contributed by atoms with Crippen molar-refractivity contribution in [1.29, 1.82) is 0 Å². The molecule has 2 amide bonds. The van der Waals surface area contributed by atoms with Gasteiger partial charge in [-0.2, -0.15) is 13.2 Å². The number of halogens is 3. The van der Waals surface area contributed by atoms with Gasteiger partial charge >= 0.3 is 6.18 Å². The van der Waals surface area contributed by atoms with Gasteiger partial charge in [0.25, 0.3) is 5.91 Å². The van der Waals surface area contributed by atoms with Crippen LogP contribution in [-0.2, 0) is 4.79 Å². The Kier molecular flexibility index (Phi) is 3.80. The molecule has 0 atom stereocenters. The maximum absolute atomic E-state index is 12.6. The molecule has 21 heavy (non-hydrogen) atoms. The van der Waals surface area contributed by atoms with Gasteiger partial charge in [0.1, 0.15) is 5.54 Å². The van der Waals surface area contributed by atoms with Crippen molar-refractivity contribution in [2.75, 3.05) is 12.3 Å². The van der Waals surface area contributed by atoms with E-state index in [4.69, 9.17) is 5.73 Å². The van der Waals surface area contributed by atoms with Crippen molar-refractivity contribution in [3.8, 4) is 0 Å². The molecule has 1 saturated carbocycles. The zero-order valence-electron chi connectivity index (χ0n) is 11.0. The van der Waals surface area contributed by atoms with Crippen LogP contribution in [0.25, 0.3) is 0 Å². The fourth-order valence-corrected chi connectivity index (χ4v) is 1.81. The second-order valence-corrected chi connectivity index (χ2v) is 4.93. The van der Waals surface area contributed by atoms with Crippen molar-refractivity contribution in [2.45, 2.75) is 24.6 Å². The van der Waals surface area contributed by atoms with Crippen LogP contribution >= 0.6 is 0 Å². The van der Waals surface area contributed by atoms with Crippen LogP contribution in [0.2, 0.25) is 0 Å². The number of anilines is 1. The van der Waals surface area contributed by atoms with Crippen LogP contribution in [0.1, 0.15) is 23.2 Å². The fourth-order valence-electron chi connectivity index (χ4n) is 1.81. The van der Waals surface area contributed by atoms with Crippen LogP contribution in [0, 0.1) is 0 Å². The zero-order valence-corrected chi connectivity index (χ0v) is 11.0. The zero-order chi connectivity index (χ0) is 15.7. The summed E-state index contributed by atoms with van der Waals surface area (Å²) in [5.74, 6) is -1.42. The summed E-state index contributed by atoms with van der Waals surface area (Å²) in [7, 11) is 0. The number of hydrogen-bond acceptors (Lipinski definition) is 3. The molecular weight excluding hydrogens is 287 g/mol. The number of rotatable bonds is 4. The molecule has 4 N–H and O–H groups in total. The van der Waals surface area contributed by atoms with E-state index in [0.29, 0.717) is 5.69 Å². The van der Waals surface area contributed by atoms with Gasteiger partial charge in [0, 0.05) is 11.3 Å². The van der Waals surface area contributed by atoms with E-state index in [0.717, 1.165) is 0 Å². The number of carbonyl (C=O) groups excluding carboxylic acids is 2. The number of alkyl halides is 3. The number of carbonyl (C=O) groups is 2. The molecule has 0 saturated heterocycles. The summed E-state index contributed by atoms with van der Waals surface area (Å²) in [4.78, 5) is 23.2. The molecule has 0 heterocycles. The van der Waals surface area contributed by atoms with Gasteiger partial charge in [0.2, 0.25) is 5.91 Å². The first-order chi connectivity index (χ1) is 9.73. The first-order valence-corrected chi connectivity index (χ1v) is 6.25. The van der Waals surface area contributed by atoms with Gasteiger partial charge in [-0.3, -0.25) is 9.59 Å². The normalized spacial score (nSPS) is 16.1. The summed E-state index contributed by atoms with van der Waals surface area (Å²) in [6, 6.07) is 5.94. The number of hydrogen-bond donors (Lipinski definition) is 3. The number of nitrogen functional groups attached to an aromatic ring is 1. The lowest BCUT2D eigenvalue weighted by Gasteiger charge is -2.20. The summed E-state index contributed by atoms with van der Waals surface area (Å²) in [6.07, 6.45) is -4.73. The highest BCUT2D eigenvalue weighted by Gasteiger charge is 2.64. The van der Waals surface area contributed by atoms with Crippen LogP contribution in [0.15, 0.2) is 24.3 Å². The SMILES string of the molecule is Nc1ccc(C(=O)NCC(=O)NC2(C(F)(F)F)CC2)cc1. The number of nitrogens with two attached hydrogens (primary N) is 1. The van der Waals surface area contributed by atoms with E-state index in [9.17, 15) is 22.8 Å². The maximum Gasteiger partial charge on any atom is 0.411 e. The topological polar surface area (TPSA) is 84.2 Å². The molecule has 0 aliphatic heterocycles. The van der Waals surface area contributed by atoms with E-state index in [1.165, 1.54) is 24.3 Å². The predicted octanol–water partition coefficient (Wildman–Crippen LogP) is 1.21. The molecule has 2 rings (SSSR count). The van der Waals surface area contributed by atoms with Crippen molar-refractivity contribution in [2.24, 2.45) is 0 Å². The van der Waals surface area contributed by atoms with Gasteiger partial charge in [-0.15, -0.1) is 0 Å². The molecule has 8 heteroatoms. The Hall–Kier alpha value is -2.25. The highest BCUT2D eigenvalue weighted by molar-refractivity contribution is 5.96. The third kappa shape index (κ3) is 3.45. The Morgan fingerprint density at radius 2 is 1.76 bits per heavy atom. The average Bonchev–Trinajstić information content (AvgIpc) is 3.17. The van der Waals surface area contributed by atoms with E-state index in [1.807, 2.05) is 5.32 Å². The summed E-state index contributed by atoms with van der Waals surface area (Å²) >= 11 is 0. The Bertz CT molecular complexity index is 551. The van der Waals surface area contributed by atoms with Crippen molar-refractivity contribution < 1.29 is 22.8 Å². The van der Waals surface area contributed by atoms with Crippen LogP contribution in [0.3, 0.4) is 0 Å². The van der Waals surface area contributed by atoms with Gasteiger partial charge in [-0.1, -0.05) is 0 Å². The molecule has 1 aromatic rings. The third-order valence-electron chi connectivity index (χ3n) is 3.25. The second kappa shape index (κ2) is 5.27. The molecule has 0 unspecified atom stereocenters. The summed E-state index contributed by atoms with van der Waals surface area (Å²) in [6.45, 7) is -0.513. The second-order valence-electron chi connectivity index (χ2n) is 4.93. The van der Waals surface area contributed by atoms with E-state index in [-0.39, 0.29) is 18.4 Å². The smallest absolute Gasteiger partial charge is 0.399 e. The molecule has 1 aromatic carbocycles. The minimum atomic E-state index is -4.47. The highest BCUT2D eigenvalue weighted by Crippen LogP contribution is 2.48. The minimum absolute atomic E-state index is 0.131. The molecule has 5 nitrogen and oxygen atoms in total. The van der Waals surface area contributed by atoms with E-state index < -0.39 is 30.1 Å². The van der Waals surface area contributed by atoms with Crippen LogP contribution in [0.5, 0.6) is 0 Å². The average molecular weight is 301 g/mol. The molecule has 0 bridgehead atoms. The molecule has 114 valence electrons. The van der Waals surface area contributed by atoms with Crippen LogP contribution < -0.4 is 16.4 Å². The van der Waals surface area contributed by atoms with Crippen LogP contribution in [-0.4, -0.2) is 30.1 Å². The van der Waals surface area contributed by atoms with E-state index in [1.54, 1.807) is 0 Å². The highest BCUT2D eigenvalue weighted by atomic mass is 19.4. The Morgan fingerprint density at radius 1 is 1.19 bits per heavy atom. The molecular formula is C13H14F3N3O2. The quantitative estimate of drug-likeness (QED) is 0.731. The van der Waals surface area contributed by atoms with Crippen molar-refractivity contribution in [3.63, 3.8) is 0 Å². The van der Waals surface area contributed by atoms with Gasteiger partial charge in [-0.05, 0) is 37.1 Å². The Balaban J connectivity index is 1.85. The van der Waals surface area contributed by atoms with Crippen molar-refractivity contribution in [1.82, 2.24) is 10.6 Å². The molecule has 0 aromatic heterocycles. The lowest BCUT2D eigenvalue weighted by atomic mass is 10.2. The molecule has 1 aliphatic rings. The van der Waals surface area contributed by atoms with Gasteiger partial charge < -0.3 is 16.4 Å². The largest absolute Gasteiger partial charge is 0.411 e. The first kappa shape index (κ1) is 15.1. The Morgan fingerprint density at radius 3 is 2.24 bits per heavy atom. The van der Waals surface area contributed by atoms with Gasteiger partial charge in [0.15, 0.2) is 0 Å². The molecule has 1 fully saturated rings. The lowest BCUT2D eigenvalue weighted by molar-refractivity contribution is -0.170. The monoisotopic (exact) mass is 301 g/mol. The summed E-state index contributed by atoms with van der Waals surface area (Å²) < 4.78 is 37.9. The molecule has 1 aliphatic carbocycles. The predicted molar refractivity (Wildman–Crippen MR) is 69.4 cm³/mol. The number of nitrogens with one attached hydrogen (secondary N) is 2. The van der Waals surface area contributed by atoms with E-state index >= 15 is 0 Å². The van der Waals surface area contributed by atoms with Gasteiger partial charge in [0.05, 0.1) is 6.54 Å². The Labute approximate surface area is 118 Å². The maximum atomic E-state index is 12.6. The number of benzene rings is 1. The molecule has 0 spiro atoms. The van der Waals surface area contributed by atoms with Crippen molar-refractivity contribution >= 4 is 17.5 Å². The van der Waals surface area contributed by atoms with Crippen LogP contribution in [0.4, 0.5) is 18.9 Å².